The summed E-state index contributed by atoms with van der Waals surface area (Å²) in [7, 11) is 1.62. The second kappa shape index (κ2) is 7.30. The van der Waals surface area contributed by atoms with Crippen molar-refractivity contribution in [3.05, 3.63) is 95.9 Å². The Bertz CT molecular complexity index is 1080. The zero-order chi connectivity index (χ0) is 18.6. The van der Waals surface area contributed by atoms with Crippen molar-refractivity contribution in [3.8, 4) is 5.75 Å². The summed E-state index contributed by atoms with van der Waals surface area (Å²) in [6, 6.07) is 24.1. The molecule has 0 atom stereocenters. The maximum Gasteiger partial charge on any atom is 0.231 e. The molecule has 4 nitrogen and oxygen atoms in total. The van der Waals surface area contributed by atoms with Gasteiger partial charge in [0.15, 0.2) is 11.4 Å². The maximum absolute atomic E-state index is 13.2. The van der Waals surface area contributed by atoms with E-state index in [9.17, 15) is 4.79 Å². The molecule has 0 bridgehead atoms. The van der Waals surface area contributed by atoms with Gasteiger partial charge >= 0.3 is 0 Å². The van der Waals surface area contributed by atoms with E-state index >= 15 is 0 Å². The Morgan fingerprint density at radius 2 is 1.63 bits per heavy atom. The Kier molecular flexibility index (Phi) is 4.54. The number of ether oxygens (including phenoxy) is 1. The van der Waals surface area contributed by atoms with Crippen LogP contribution in [-0.4, -0.2) is 17.9 Å². The first-order valence-corrected chi connectivity index (χ1v) is 8.56. The number of benzene rings is 3. The molecule has 3 aromatic carbocycles. The topological polar surface area (TPSA) is 52.3 Å². The van der Waals surface area contributed by atoms with Crippen molar-refractivity contribution in [2.75, 3.05) is 7.11 Å². The van der Waals surface area contributed by atoms with Gasteiger partial charge in [0.25, 0.3) is 0 Å². The molecule has 132 valence electrons. The van der Waals surface area contributed by atoms with Gasteiger partial charge in [-0.3, -0.25) is 4.79 Å². The number of hydrogen-bond acceptors (Lipinski definition) is 4. The number of oxazole rings is 1. The summed E-state index contributed by atoms with van der Waals surface area (Å²) in [5.41, 5.74) is 3.21. The van der Waals surface area contributed by atoms with Gasteiger partial charge in [0.1, 0.15) is 11.3 Å². The fourth-order valence-corrected chi connectivity index (χ4v) is 2.82. The summed E-state index contributed by atoms with van der Waals surface area (Å²) in [5.74, 6) is 0.920. The molecule has 0 saturated carbocycles. The fraction of sp³-hybridized carbons (Fsp3) is 0.0435. The van der Waals surface area contributed by atoms with E-state index < -0.39 is 0 Å². The minimum atomic E-state index is -0.141. The molecule has 0 N–H and O–H groups in total. The zero-order valence-corrected chi connectivity index (χ0v) is 14.8. The third-order valence-corrected chi connectivity index (χ3v) is 4.23. The number of carbonyl (C=O) groups is 1. The molecular formula is C23H17NO3. The van der Waals surface area contributed by atoms with Gasteiger partial charge in [-0.15, -0.1) is 0 Å². The van der Waals surface area contributed by atoms with Crippen LogP contribution in [0.4, 0.5) is 0 Å². The van der Waals surface area contributed by atoms with Gasteiger partial charge in [-0.1, -0.05) is 54.6 Å². The molecule has 27 heavy (non-hydrogen) atoms. The van der Waals surface area contributed by atoms with Crippen molar-refractivity contribution in [3.63, 3.8) is 0 Å². The number of carbonyl (C=O) groups excluding carboxylic acids is 1. The van der Waals surface area contributed by atoms with Crippen LogP contribution in [0.25, 0.3) is 22.7 Å². The highest BCUT2D eigenvalue weighted by molar-refractivity contribution is 6.31. The zero-order valence-electron chi connectivity index (χ0n) is 14.8. The normalized spacial score (nSPS) is 11.5. The smallest absolute Gasteiger partial charge is 0.231 e. The maximum atomic E-state index is 13.2. The number of allylic oxidation sites excluding steroid dienone is 1. The third kappa shape index (κ3) is 3.51. The average Bonchev–Trinajstić information content (AvgIpc) is 3.16. The summed E-state index contributed by atoms with van der Waals surface area (Å²) in [6.45, 7) is 0. The van der Waals surface area contributed by atoms with E-state index in [-0.39, 0.29) is 5.78 Å². The van der Waals surface area contributed by atoms with Crippen LogP contribution < -0.4 is 4.74 Å². The number of ketones is 1. The monoisotopic (exact) mass is 355 g/mol. The lowest BCUT2D eigenvalue weighted by molar-refractivity contribution is 0.105. The van der Waals surface area contributed by atoms with E-state index in [0.29, 0.717) is 28.1 Å². The van der Waals surface area contributed by atoms with Gasteiger partial charge in [-0.25, -0.2) is 4.98 Å². The van der Waals surface area contributed by atoms with E-state index in [1.54, 1.807) is 25.3 Å². The molecule has 0 aliphatic heterocycles. The molecule has 0 radical (unpaired) electrons. The van der Waals surface area contributed by atoms with Gasteiger partial charge in [0.2, 0.25) is 5.89 Å². The van der Waals surface area contributed by atoms with Crippen LogP contribution in [0.3, 0.4) is 0 Å². The number of Topliss-reactive ketones (excluding diaryl/α,β-unsaturated/α-hetero) is 1. The summed E-state index contributed by atoms with van der Waals surface area (Å²) in [4.78, 5) is 17.7. The van der Waals surface area contributed by atoms with Gasteiger partial charge in [-0.2, -0.15) is 0 Å². The molecule has 4 aromatic rings. The number of methoxy groups -OCH3 is 1. The van der Waals surface area contributed by atoms with Crippen LogP contribution in [0, 0.1) is 0 Å². The Labute approximate surface area is 156 Å². The Balaban J connectivity index is 1.83. The molecule has 0 saturated heterocycles. The third-order valence-electron chi connectivity index (χ3n) is 4.23. The lowest BCUT2D eigenvalue weighted by atomic mass is 10.0. The largest absolute Gasteiger partial charge is 0.497 e. The minimum Gasteiger partial charge on any atom is -0.497 e. The molecule has 4 heteroatoms. The lowest BCUT2D eigenvalue weighted by Gasteiger charge is -2.05. The molecule has 4 rings (SSSR count). The number of para-hydroxylation sites is 2. The molecule has 0 spiro atoms. The minimum absolute atomic E-state index is 0.141. The summed E-state index contributed by atoms with van der Waals surface area (Å²) in [6.07, 6.45) is 1.79. The molecule has 0 aliphatic rings. The second-order valence-electron chi connectivity index (χ2n) is 6.01. The van der Waals surface area contributed by atoms with Crippen LogP contribution in [0.5, 0.6) is 5.75 Å². The fourth-order valence-electron chi connectivity index (χ4n) is 2.82. The number of nitrogens with zero attached hydrogens (tertiary/aromatic N) is 1. The van der Waals surface area contributed by atoms with E-state index in [1.165, 1.54) is 0 Å². The van der Waals surface area contributed by atoms with Crippen molar-refractivity contribution in [2.24, 2.45) is 0 Å². The molecule has 0 fully saturated rings. The SMILES string of the molecule is COc1ccc(/C=C(/C(=O)c2ccccc2)c2nc3ccccc3o2)cc1. The van der Waals surface area contributed by atoms with Crippen LogP contribution in [-0.2, 0) is 0 Å². The van der Waals surface area contributed by atoms with Crippen molar-refractivity contribution >= 4 is 28.5 Å². The number of aromatic nitrogens is 1. The van der Waals surface area contributed by atoms with Crippen LogP contribution in [0.15, 0.2) is 83.3 Å². The van der Waals surface area contributed by atoms with Crippen LogP contribution in [0.2, 0.25) is 0 Å². The van der Waals surface area contributed by atoms with Crippen molar-refractivity contribution in [2.45, 2.75) is 0 Å². The predicted octanol–water partition coefficient (Wildman–Crippen LogP) is 5.26. The van der Waals surface area contributed by atoms with Crippen LogP contribution in [0.1, 0.15) is 21.8 Å². The van der Waals surface area contributed by atoms with Crippen molar-refractivity contribution in [1.29, 1.82) is 0 Å². The summed E-state index contributed by atoms with van der Waals surface area (Å²) >= 11 is 0. The van der Waals surface area contributed by atoms with Crippen LogP contribution >= 0.6 is 0 Å². The molecule has 0 aliphatic carbocycles. The number of rotatable bonds is 5. The Morgan fingerprint density at radius 1 is 0.926 bits per heavy atom. The van der Waals surface area contributed by atoms with Gasteiger partial charge < -0.3 is 9.15 Å². The Morgan fingerprint density at radius 3 is 2.33 bits per heavy atom. The quantitative estimate of drug-likeness (QED) is 0.362. The van der Waals surface area contributed by atoms with Gasteiger partial charge in [0, 0.05) is 5.56 Å². The first-order valence-electron chi connectivity index (χ1n) is 8.56. The highest BCUT2D eigenvalue weighted by atomic mass is 16.5. The lowest BCUT2D eigenvalue weighted by Crippen LogP contribution is -2.03. The molecule has 0 unspecified atom stereocenters. The van der Waals surface area contributed by atoms with Gasteiger partial charge in [0.05, 0.1) is 12.7 Å². The first-order chi connectivity index (χ1) is 13.2. The molecule has 1 aromatic heterocycles. The summed E-state index contributed by atoms with van der Waals surface area (Å²) < 4.78 is 11.1. The van der Waals surface area contributed by atoms with E-state index in [4.69, 9.17) is 9.15 Å². The van der Waals surface area contributed by atoms with Crippen molar-refractivity contribution in [1.82, 2.24) is 4.98 Å². The molecular weight excluding hydrogens is 338 g/mol. The average molecular weight is 355 g/mol. The van der Waals surface area contributed by atoms with Crippen molar-refractivity contribution < 1.29 is 13.9 Å². The predicted molar refractivity (Wildman–Crippen MR) is 106 cm³/mol. The number of hydrogen-bond donors (Lipinski definition) is 0. The summed E-state index contributed by atoms with van der Waals surface area (Å²) in [5, 5.41) is 0. The standard InChI is InChI=1S/C23H17NO3/c1-26-18-13-11-16(12-14-18)15-19(22(25)17-7-3-2-4-8-17)23-24-20-9-5-6-10-21(20)27-23/h2-15H,1H3/b19-15-. The van der Waals surface area contributed by atoms with E-state index in [0.717, 1.165) is 11.3 Å². The number of fused-ring (bicyclic) bond motifs is 1. The second-order valence-corrected chi connectivity index (χ2v) is 6.01. The first kappa shape index (κ1) is 16.8. The Hall–Kier alpha value is -3.66. The molecule has 1 heterocycles. The molecule has 0 amide bonds. The van der Waals surface area contributed by atoms with Gasteiger partial charge in [-0.05, 0) is 35.9 Å². The highest BCUT2D eigenvalue weighted by Gasteiger charge is 2.20. The van der Waals surface area contributed by atoms with E-state index in [1.807, 2.05) is 66.7 Å². The highest BCUT2D eigenvalue weighted by Crippen LogP contribution is 2.26. The van der Waals surface area contributed by atoms with E-state index in [2.05, 4.69) is 4.98 Å².